The number of rotatable bonds is 3. The van der Waals surface area contributed by atoms with Crippen LogP contribution in [-0.4, -0.2) is 52.1 Å². The van der Waals surface area contributed by atoms with Crippen LogP contribution in [0.25, 0.3) is 0 Å². The van der Waals surface area contributed by atoms with Crippen LogP contribution in [0.3, 0.4) is 0 Å². The minimum absolute atomic E-state index is 0.108. The fourth-order valence-electron chi connectivity index (χ4n) is 1.78. The maximum absolute atomic E-state index is 11.9. The van der Waals surface area contributed by atoms with E-state index in [-0.39, 0.29) is 25.0 Å². The van der Waals surface area contributed by atoms with Gasteiger partial charge in [-0.05, 0) is 26.7 Å². The van der Waals surface area contributed by atoms with Crippen LogP contribution in [-0.2, 0) is 9.53 Å². The quantitative estimate of drug-likeness (QED) is 0.805. The first-order chi connectivity index (χ1) is 9.08. The number of hydrazine groups is 1. The molecule has 1 aliphatic heterocycles. The van der Waals surface area contributed by atoms with Gasteiger partial charge >= 0.3 is 6.09 Å². The molecular formula is C13H25N3O4. The Balaban J connectivity index is 2.50. The summed E-state index contributed by atoms with van der Waals surface area (Å²) in [6, 6.07) is 0. The number of carbonyl (C=O) groups excluding carboxylic acids is 2. The first-order valence-electron chi connectivity index (χ1n) is 6.80. The summed E-state index contributed by atoms with van der Waals surface area (Å²) in [4.78, 5) is 24.9. The van der Waals surface area contributed by atoms with Crippen LogP contribution in [0.2, 0.25) is 0 Å². The molecule has 0 aliphatic carbocycles. The topological polar surface area (TPSA) is 82.1 Å². The number of hydrogen-bond acceptors (Lipinski definition) is 5. The van der Waals surface area contributed by atoms with Crippen LogP contribution in [0.5, 0.6) is 0 Å². The van der Waals surface area contributed by atoms with Gasteiger partial charge in [0.05, 0.1) is 13.2 Å². The average Bonchev–Trinajstić information content (AvgIpc) is 2.56. The van der Waals surface area contributed by atoms with Gasteiger partial charge in [0, 0.05) is 6.42 Å². The Hall–Kier alpha value is -1.34. The highest BCUT2D eigenvalue weighted by Gasteiger charge is 2.35. The summed E-state index contributed by atoms with van der Waals surface area (Å²) in [6.45, 7) is 9.43. The molecule has 0 aromatic heterocycles. The lowest BCUT2D eigenvalue weighted by atomic mass is 10.1. The first-order valence-corrected chi connectivity index (χ1v) is 6.80. The Bertz CT molecular complexity index is 365. The zero-order valence-corrected chi connectivity index (χ0v) is 12.8. The van der Waals surface area contributed by atoms with Crippen LogP contribution < -0.4 is 5.43 Å². The van der Waals surface area contributed by atoms with Gasteiger partial charge in [-0.3, -0.25) is 15.1 Å². The number of aliphatic hydroxyl groups is 1. The average molecular weight is 287 g/mol. The maximum Gasteiger partial charge on any atom is 0.411 e. The Kier molecular flexibility index (Phi) is 5.35. The molecular weight excluding hydrogens is 262 g/mol. The molecule has 1 saturated heterocycles. The molecule has 1 fully saturated rings. The van der Waals surface area contributed by atoms with Gasteiger partial charge in [0.25, 0.3) is 0 Å². The third kappa shape index (κ3) is 5.34. The molecule has 0 radical (unpaired) electrons. The maximum atomic E-state index is 11.9. The molecule has 7 nitrogen and oxygen atoms in total. The lowest BCUT2D eigenvalue weighted by Gasteiger charge is -2.24. The monoisotopic (exact) mass is 287 g/mol. The number of aliphatic hydroxyl groups excluding tert-OH is 1. The molecule has 1 heterocycles. The molecule has 1 rings (SSSR count). The molecule has 1 atom stereocenters. The lowest BCUT2D eigenvalue weighted by molar-refractivity contribution is -0.130. The fraction of sp³-hybridized carbons (Fsp3) is 0.846. The van der Waals surface area contributed by atoms with E-state index in [1.807, 2.05) is 13.8 Å². The number of ether oxygens (including phenoxy) is 1. The van der Waals surface area contributed by atoms with Crippen LogP contribution in [0.1, 0.15) is 41.0 Å². The van der Waals surface area contributed by atoms with Crippen LogP contribution in [0.15, 0.2) is 0 Å². The van der Waals surface area contributed by atoms with Gasteiger partial charge in [0.2, 0.25) is 5.91 Å². The zero-order valence-electron chi connectivity index (χ0n) is 12.8. The van der Waals surface area contributed by atoms with Gasteiger partial charge in [-0.2, -0.15) is 5.01 Å². The van der Waals surface area contributed by atoms with E-state index in [0.29, 0.717) is 6.42 Å². The van der Waals surface area contributed by atoms with Crippen molar-refractivity contribution in [1.29, 1.82) is 0 Å². The van der Waals surface area contributed by atoms with E-state index in [9.17, 15) is 14.7 Å². The SMILES string of the molecule is CC(C)CC(=O)NN1CN(C(=O)OC(C)(C)C)CC1O. The molecule has 1 unspecified atom stereocenters. The molecule has 0 bridgehead atoms. The van der Waals surface area contributed by atoms with E-state index in [1.165, 1.54) is 9.91 Å². The summed E-state index contributed by atoms with van der Waals surface area (Å²) >= 11 is 0. The molecule has 20 heavy (non-hydrogen) atoms. The summed E-state index contributed by atoms with van der Waals surface area (Å²) in [5, 5.41) is 11.2. The van der Waals surface area contributed by atoms with Crippen molar-refractivity contribution in [2.75, 3.05) is 13.2 Å². The van der Waals surface area contributed by atoms with Crippen molar-refractivity contribution in [2.45, 2.75) is 52.9 Å². The van der Waals surface area contributed by atoms with Gasteiger partial charge in [0.15, 0.2) is 0 Å². The number of carbonyl (C=O) groups is 2. The van der Waals surface area contributed by atoms with E-state index in [2.05, 4.69) is 5.43 Å². The van der Waals surface area contributed by atoms with Crippen LogP contribution >= 0.6 is 0 Å². The minimum atomic E-state index is -0.918. The first kappa shape index (κ1) is 16.7. The number of amides is 2. The molecule has 0 aromatic carbocycles. The summed E-state index contributed by atoms with van der Waals surface area (Å²) < 4.78 is 5.22. The smallest absolute Gasteiger partial charge is 0.411 e. The molecule has 7 heteroatoms. The second kappa shape index (κ2) is 6.41. The summed E-state index contributed by atoms with van der Waals surface area (Å²) in [5.41, 5.74) is 2.02. The molecule has 1 aliphatic rings. The zero-order chi connectivity index (χ0) is 15.5. The van der Waals surface area contributed by atoms with Crippen molar-refractivity contribution in [1.82, 2.24) is 15.3 Å². The highest BCUT2D eigenvalue weighted by atomic mass is 16.6. The molecule has 0 spiro atoms. The standard InChI is InChI=1S/C13H25N3O4/c1-9(2)6-10(17)14-16-8-15(7-11(16)18)12(19)20-13(3,4)5/h9,11,18H,6-8H2,1-5H3,(H,14,17). The van der Waals surface area contributed by atoms with Gasteiger partial charge < -0.3 is 9.84 Å². The van der Waals surface area contributed by atoms with Crippen molar-refractivity contribution >= 4 is 12.0 Å². The molecule has 116 valence electrons. The number of β-amino-alcohol motifs (C(OH)–C–C–N with tert-alkyl or cyclic N) is 1. The van der Waals surface area contributed by atoms with Gasteiger partial charge in [-0.15, -0.1) is 0 Å². The van der Waals surface area contributed by atoms with Crippen molar-refractivity contribution in [3.8, 4) is 0 Å². The van der Waals surface area contributed by atoms with E-state index in [0.717, 1.165) is 0 Å². The van der Waals surface area contributed by atoms with Crippen molar-refractivity contribution in [2.24, 2.45) is 5.92 Å². The Labute approximate surface area is 119 Å². The minimum Gasteiger partial charge on any atom is -0.444 e. The summed E-state index contributed by atoms with van der Waals surface area (Å²) in [5.74, 6) is 0.0572. The lowest BCUT2D eigenvalue weighted by Crippen LogP contribution is -2.46. The second-order valence-electron chi connectivity index (χ2n) is 6.43. The molecule has 2 amide bonds. The third-order valence-corrected chi connectivity index (χ3v) is 2.58. The van der Waals surface area contributed by atoms with E-state index in [1.54, 1.807) is 20.8 Å². The second-order valence-corrected chi connectivity index (χ2v) is 6.43. The van der Waals surface area contributed by atoms with Crippen molar-refractivity contribution in [3.63, 3.8) is 0 Å². The molecule has 0 aromatic rings. The van der Waals surface area contributed by atoms with Crippen LogP contribution in [0.4, 0.5) is 4.79 Å². The summed E-state index contributed by atoms with van der Waals surface area (Å²) in [7, 11) is 0. The van der Waals surface area contributed by atoms with E-state index >= 15 is 0 Å². The molecule has 2 N–H and O–H groups in total. The highest BCUT2D eigenvalue weighted by molar-refractivity contribution is 5.75. The van der Waals surface area contributed by atoms with Crippen molar-refractivity contribution < 1.29 is 19.4 Å². The predicted octanol–water partition coefficient (Wildman–Crippen LogP) is 0.892. The Morgan fingerprint density at radius 2 is 2.00 bits per heavy atom. The van der Waals surface area contributed by atoms with E-state index in [4.69, 9.17) is 4.74 Å². The number of nitrogens with one attached hydrogen (secondary N) is 1. The number of hydrogen-bond donors (Lipinski definition) is 2. The molecule has 0 saturated carbocycles. The fourth-order valence-corrected chi connectivity index (χ4v) is 1.78. The van der Waals surface area contributed by atoms with Gasteiger partial charge in [-0.1, -0.05) is 13.8 Å². The third-order valence-electron chi connectivity index (χ3n) is 2.58. The van der Waals surface area contributed by atoms with Gasteiger partial charge in [-0.25, -0.2) is 4.79 Å². The predicted molar refractivity (Wildman–Crippen MR) is 73.3 cm³/mol. The van der Waals surface area contributed by atoms with Gasteiger partial charge in [0.1, 0.15) is 11.8 Å². The summed E-state index contributed by atoms with van der Waals surface area (Å²) in [6.07, 6.45) is -1.05. The van der Waals surface area contributed by atoms with Crippen molar-refractivity contribution in [3.05, 3.63) is 0 Å². The number of nitrogens with zero attached hydrogens (tertiary/aromatic N) is 2. The largest absolute Gasteiger partial charge is 0.444 e. The van der Waals surface area contributed by atoms with Crippen LogP contribution in [0, 0.1) is 5.92 Å². The van der Waals surface area contributed by atoms with E-state index < -0.39 is 17.9 Å². The normalized spacial score (nSPS) is 20.4. The Morgan fingerprint density at radius 3 is 2.50 bits per heavy atom. The Morgan fingerprint density at radius 1 is 1.40 bits per heavy atom. The highest BCUT2D eigenvalue weighted by Crippen LogP contribution is 2.15.